The van der Waals surface area contributed by atoms with Crippen molar-refractivity contribution in [3.05, 3.63) is 66.1 Å². The molecule has 1 heterocycles. The quantitative estimate of drug-likeness (QED) is 0.797. The van der Waals surface area contributed by atoms with Crippen molar-refractivity contribution in [3.8, 4) is 0 Å². The zero-order valence-corrected chi connectivity index (χ0v) is 11.8. The van der Waals surface area contributed by atoms with Crippen LogP contribution in [0, 0.1) is 5.82 Å². The Morgan fingerprint density at radius 3 is 2.62 bits per heavy atom. The highest BCUT2D eigenvalue weighted by atomic mass is 19.1. The van der Waals surface area contributed by atoms with E-state index in [2.05, 4.69) is 4.98 Å². The molecule has 0 spiro atoms. The molecule has 2 N–H and O–H groups in total. The number of benzene rings is 2. The minimum atomic E-state index is -0.207. The third-order valence-electron chi connectivity index (χ3n) is 3.52. The van der Waals surface area contributed by atoms with Crippen LogP contribution < -0.4 is 10.6 Å². The molecule has 3 aromatic rings. The predicted molar refractivity (Wildman–Crippen MR) is 84.7 cm³/mol. The number of fused-ring (bicyclic) bond motifs is 1. The molecule has 0 saturated heterocycles. The normalized spacial score (nSPS) is 10.8. The second-order valence-electron chi connectivity index (χ2n) is 5.03. The Bertz CT molecular complexity index is 786. The van der Waals surface area contributed by atoms with Crippen LogP contribution in [-0.4, -0.2) is 12.0 Å². The number of pyridine rings is 1. The summed E-state index contributed by atoms with van der Waals surface area (Å²) in [5.41, 5.74) is 9.07. The van der Waals surface area contributed by atoms with Crippen LogP contribution in [0.4, 0.5) is 15.8 Å². The van der Waals surface area contributed by atoms with Crippen LogP contribution >= 0.6 is 0 Å². The first-order chi connectivity index (χ1) is 10.2. The zero-order valence-electron chi connectivity index (χ0n) is 11.8. The second kappa shape index (κ2) is 5.40. The van der Waals surface area contributed by atoms with Crippen molar-refractivity contribution in [2.24, 2.45) is 0 Å². The van der Waals surface area contributed by atoms with E-state index in [4.69, 9.17) is 5.73 Å². The molecule has 0 unspecified atom stereocenters. The summed E-state index contributed by atoms with van der Waals surface area (Å²) < 4.78 is 13.8. The minimum absolute atomic E-state index is 0.207. The maximum Gasteiger partial charge on any atom is 0.128 e. The van der Waals surface area contributed by atoms with Crippen LogP contribution in [-0.2, 0) is 6.54 Å². The molecule has 4 heteroatoms. The number of para-hydroxylation sites is 1. The number of nitrogens with two attached hydrogens (primary N) is 1. The molecule has 3 rings (SSSR count). The summed E-state index contributed by atoms with van der Waals surface area (Å²) in [7, 11) is 1.91. The summed E-state index contributed by atoms with van der Waals surface area (Å²) in [6.45, 7) is 0.449. The minimum Gasteiger partial charge on any atom is -0.396 e. The molecule has 0 atom stereocenters. The van der Waals surface area contributed by atoms with Crippen molar-refractivity contribution in [3.63, 3.8) is 0 Å². The third-order valence-corrected chi connectivity index (χ3v) is 3.52. The number of hydrogen-bond donors (Lipinski definition) is 1. The van der Waals surface area contributed by atoms with Gasteiger partial charge in [-0.25, -0.2) is 4.39 Å². The maximum absolute atomic E-state index is 13.8. The van der Waals surface area contributed by atoms with E-state index in [0.717, 1.165) is 16.6 Å². The number of hydrogen-bond acceptors (Lipinski definition) is 3. The topological polar surface area (TPSA) is 42.1 Å². The molecule has 0 bridgehead atoms. The van der Waals surface area contributed by atoms with E-state index in [0.29, 0.717) is 17.8 Å². The van der Waals surface area contributed by atoms with Crippen molar-refractivity contribution in [2.75, 3.05) is 17.7 Å². The smallest absolute Gasteiger partial charge is 0.128 e. The van der Waals surface area contributed by atoms with Gasteiger partial charge in [-0.15, -0.1) is 0 Å². The Morgan fingerprint density at radius 2 is 1.81 bits per heavy atom. The molecule has 0 fully saturated rings. The first kappa shape index (κ1) is 13.4. The first-order valence-electron chi connectivity index (χ1n) is 6.74. The summed E-state index contributed by atoms with van der Waals surface area (Å²) in [6, 6.07) is 14.6. The number of nitrogens with zero attached hydrogens (tertiary/aromatic N) is 2. The Labute approximate surface area is 122 Å². The molecule has 0 amide bonds. The van der Waals surface area contributed by atoms with E-state index in [-0.39, 0.29) is 5.82 Å². The van der Waals surface area contributed by atoms with E-state index in [1.807, 2.05) is 42.3 Å². The van der Waals surface area contributed by atoms with Crippen molar-refractivity contribution < 1.29 is 4.39 Å². The summed E-state index contributed by atoms with van der Waals surface area (Å²) in [4.78, 5) is 6.28. The highest BCUT2D eigenvalue weighted by molar-refractivity contribution is 5.97. The molecule has 2 aromatic carbocycles. The largest absolute Gasteiger partial charge is 0.396 e. The predicted octanol–water partition coefficient (Wildman–Crippen LogP) is 3.59. The van der Waals surface area contributed by atoms with Crippen LogP contribution in [0.15, 0.2) is 54.7 Å². The SMILES string of the molecule is CN(Cc1ccccc1F)c1c(N)cnc2ccccc12. The summed E-state index contributed by atoms with van der Waals surface area (Å²) >= 11 is 0. The standard InChI is InChI=1S/C17H16FN3/c1-21(11-12-6-2-4-8-14(12)18)17-13-7-3-5-9-16(13)20-10-15(17)19/h2-10H,11,19H2,1H3. The van der Waals surface area contributed by atoms with Crippen LogP contribution in [0.5, 0.6) is 0 Å². The number of anilines is 2. The molecular weight excluding hydrogens is 265 g/mol. The number of rotatable bonds is 3. The van der Waals surface area contributed by atoms with Gasteiger partial charge in [0.25, 0.3) is 0 Å². The van der Waals surface area contributed by atoms with Gasteiger partial charge in [0.15, 0.2) is 0 Å². The average molecular weight is 281 g/mol. The molecule has 0 saturated carbocycles. The van der Waals surface area contributed by atoms with Gasteiger partial charge >= 0.3 is 0 Å². The lowest BCUT2D eigenvalue weighted by Crippen LogP contribution is -2.19. The van der Waals surface area contributed by atoms with Gasteiger partial charge in [0.05, 0.1) is 23.1 Å². The average Bonchev–Trinajstić information content (AvgIpc) is 2.49. The third kappa shape index (κ3) is 2.52. The molecule has 21 heavy (non-hydrogen) atoms. The summed E-state index contributed by atoms with van der Waals surface area (Å²) in [6.07, 6.45) is 1.65. The molecule has 0 aliphatic carbocycles. The van der Waals surface area contributed by atoms with Crippen molar-refractivity contribution in [1.29, 1.82) is 0 Å². The van der Waals surface area contributed by atoms with Gasteiger partial charge < -0.3 is 10.6 Å². The first-order valence-corrected chi connectivity index (χ1v) is 6.74. The fourth-order valence-electron chi connectivity index (χ4n) is 2.53. The van der Waals surface area contributed by atoms with E-state index < -0.39 is 0 Å². The highest BCUT2D eigenvalue weighted by Gasteiger charge is 2.12. The lowest BCUT2D eigenvalue weighted by molar-refractivity contribution is 0.608. The van der Waals surface area contributed by atoms with Gasteiger partial charge in [0, 0.05) is 24.5 Å². The highest BCUT2D eigenvalue weighted by Crippen LogP contribution is 2.31. The molecule has 0 radical (unpaired) electrons. The molecule has 106 valence electrons. The van der Waals surface area contributed by atoms with Crippen LogP contribution in [0.25, 0.3) is 10.9 Å². The van der Waals surface area contributed by atoms with Crippen LogP contribution in [0.2, 0.25) is 0 Å². The Balaban J connectivity index is 2.04. The van der Waals surface area contributed by atoms with E-state index in [1.165, 1.54) is 6.07 Å². The van der Waals surface area contributed by atoms with Crippen molar-refractivity contribution in [2.45, 2.75) is 6.54 Å². The van der Waals surface area contributed by atoms with E-state index >= 15 is 0 Å². The summed E-state index contributed by atoms with van der Waals surface area (Å²) in [5.74, 6) is -0.207. The number of halogens is 1. The molecule has 3 nitrogen and oxygen atoms in total. The van der Waals surface area contributed by atoms with E-state index in [1.54, 1.807) is 18.3 Å². The molecular formula is C17H16FN3. The van der Waals surface area contributed by atoms with Crippen LogP contribution in [0.1, 0.15) is 5.56 Å². The Hall–Kier alpha value is -2.62. The van der Waals surface area contributed by atoms with Gasteiger partial charge in [-0.2, -0.15) is 0 Å². The van der Waals surface area contributed by atoms with Gasteiger partial charge in [0.1, 0.15) is 5.82 Å². The van der Waals surface area contributed by atoms with Crippen molar-refractivity contribution in [1.82, 2.24) is 4.98 Å². The van der Waals surface area contributed by atoms with Gasteiger partial charge in [-0.1, -0.05) is 36.4 Å². The Morgan fingerprint density at radius 1 is 1.10 bits per heavy atom. The molecule has 0 aliphatic rings. The van der Waals surface area contributed by atoms with E-state index in [9.17, 15) is 4.39 Å². The fraction of sp³-hybridized carbons (Fsp3) is 0.118. The van der Waals surface area contributed by atoms with Gasteiger partial charge in [-0.05, 0) is 12.1 Å². The molecule has 0 aliphatic heterocycles. The fourth-order valence-corrected chi connectivity index (χ4v) is 2.53. The molecule has 1 aromatic heterocycles. The monoisotopic (exact) mass is 281 g/mol. The number of nitrogen functional groups attached to an aromatic ring is 1. The van der Waals surface area contributed by atoms with Gasteiger partial charge in [0.2, 0.25) is 0 Å². The zero-order chi connectivity index (χ0) is 14.8. The summed E-state index contributed by atoms with van der Waals surface area (Å²) in [5, 5.41) is 0.969. The van der Waals surface area contributed by atoms with Crippen LogP contribution in [0.3, 0.4) is 0 Å². The lowest BCUT2D eigenvalue weighted by atomic mass is 10.1. The van der Waals surface area contributed by atoms with Gasteiger partial charge in [-0.3, -0.25) is 4.98 Å². The maximum atomic E-state index is 13.8. The second-order valence-corrected chi connectivity index (χ2v) is 5.03. The Kier molecular flexibility index (Phi) is 3.44. The lowest BCUT2D eigenvalue weighted by Gasteiger charge is -2.23. The number of aromatic nitrogens is 1. The van der Waals surface area contributed by atoms with Crippen molar-refractivity contribution >= 4 is 22.3 Å².